The highest BCUT2D eigenvalue weighted by Crippen LogP contribution is 2.31. The van der Waals surface area contributed by atoms with E-state index in [2.05, 4.69) is 13.8 Å². The van der Waals surface area contributed by atoms with Gasteiger partial charge in [-0.3, -0.25) is 0 Å². The summed E-state index contributed by atoms with van der Waals surface area (Å²) in [6, 6.07) is 12.4. The summed E-state index contributed by atoms with van der Waals surface area (Å²) in [4.78, 5) is 0. The van der Waals surface area contributed by atoms with E-state index in [1.165, 1.54) is 6.07 Å². The van der Waals surface area contributed by atoms with Crippen molar-refractivity contribution in [2.24, 2.45) is 0 Å². The Balaban J connectivity index is 2.61. The predicted molar refractivity (Wildman–Crippen MR) is 70.9 cm³/mol. The fourth-order valence-corrected chi connectivity index (χ4v) is 2.13. The molecule has 0 aliphatic carbocycles. The van der Waals surface area contributed by atoms with E-state index in [0.29, 0.717) is 10.9 Å². The van der Waals surface area contributed by atoms with Gasteiger partial charge in [0.15, 0.2) is 0 Å². The molecule has 0 heterocycles. The summed E-state index contributed by atoms with van der Waals surface area (Å²) in [5.74, 6) is 0.133. The van der Waals surface area contributed by atoms with Gasteiger partial charge in [-0.05, 0) is 46.9 Å². The van der Waals surface area contributed by atoms with Gasteiger partial charge >= 0.3 is 0 Å². The lowest BCUT2D eigenvalue weighted by Crippen LogP contribution is -1.93. The molecule has 0 aromatic heterocycles. The van der Waals surface area contributed by atoms with Crippen LogP contribution in [0, 0.1) is 5.82 Å². The molecule has 0 nitrogen and oxygen atoms in total. The molecule has 2 aromatic rings. The van der Waals surface area contributed by atoms with Crippen molar-refractivity contribution in [2.75, 3.05) is 0 Å². The van der Waals surface area contributed by atoms with Crippen LogP contribution in [-0.2, 0) is 0 Å². The summed E-state index contributed by atoms with van der Waals surface area (Å²) in [6.45, 7) is 4.20. The molecule has 2 rings (SSSR count). The Morgan fingerprint density at radius 3 is 2.47 bits per heavy atom. The summed E-state index contributed by atoms with van der Waals surface area (Å²) in [5, 5.41) is 0.668. The van der Waals surface area contributed by atoms with E-state index in [0.717, 1.165) is 16.7 Å². The van der Waals surface area contributed by atoms with Crippen molar-refractivity contribution in [3.05, 3.63) is 58.9 Å². The van der Waals surface area contributed by atoms with Gasteiger partial charge in [-0.1, -0.05) is 43.6 Å². The topological polar surface area (TPSA) is 0 Å². The molecule has 0 aliphatic heterocycles. The molecule has 17 heavy (non-hydrogen) atoms. The molecule has 0 aliphatic rings. The second kappa shape index (κ2) is 4.89. The lowest BCUT2D eigenvalue weighted by Gasteiger charge is -2.13. The third-order valence-electron chi connectivity index (χ3n) is 2.77. The Morgan fingerprint density at radius 2 is 1.82 bits per heavy atom. The van der Waals surface area contributed by atoms with E-state index in [9.17, 15) is 4.39 Å². The Labute approximate surface area is 106 Å². The number of halogens is 2. The predicted octanol–water partition coefficient (Wildman–Crippen LogP) is 5.27. The lowest BCUT2D eigenvalue weighted by atomic mass is 9.92. The monoisotopic (exact) mass is 248 g/mol. The Morgan fingerprint density at radius 1 is 1.06 bits per heavy atom. The third kappa shape index (κ3) is 2.67. The minimum Gasteiger partial charge on any atom is -0.207 e. The van der Waals surface area contributed by atoms with Crippen LogP contribution in [0.2, 0.25) is 5.02 Å². The van der Waals surface area contributed by atoms with Gasteiger partial charge in [0.25, 0.3) is 0 Å². The first kappa shape index (κ1) is 12.1. The van der Waals surface area contributed by atoms with Gasteiger partial charge in [-0.25, -0.2) is 4.39 Å². The van der Waals surface area contributed by atoms with Crippen molar-refractivity contribution in [3.8, 4) is 11.1 Å². The van der Waals surface area contributed by atoms with E-state index in [4.69, 9.17) is 11.6 Å². The first-order chi connectivity index (χ1) is 8.08. The normalized spacial score (nSPS) is 10.9. The maximum Gasteiger partial charge on any atom is 0.123 e. The Kier molecular flexibility index (Phi) is 3.49. The van der Waals surface area contributed by atoms with Crippen molar-refractivity contribution in [1.82, 2.24) is 0 Å². The minimum absolute atomic E-state index is 0.218. The molecule has 88 valence electrons. The van der Waals surface area contributed by atoms with Crippen LogP contribution in [0.25, 0.3) is 11.1 Å². The van der Waals surface area contributed by atoms with Crippen LogP contribution >= 0.6 is 11.6 Å². The molecule has 0 radical (unpaired) electrons. The molecular weight excluding hydrogens is 235 g/mol. The molecule has 0 bridgehead atoms. The molecule has 0 saturated heterocycles. The average molecular weight is 249 g/mol. The van der Waals surface area contributed by atoms with E-state index in [1.807, 2.05) is 30.3 Å². The van der Waals surface area contributed by atoms with Crippen LogP contribution < -0.4 is 0 Å². The highest BCUT2D eigenvalue weighted by Gasteiger charge is 2.09. The van der Waals surface area contributed by atoms with Gasteiger partial charge in [0.05, 0.1) is 0 Å². The van der Waals surface area contributed by atoms with Crippen molar-refractivity contribution >= 4 is 11.6 Å². The van der Waals surface area contributed by atoms with Crippen molar-refractivity contribution in [3.63, 3.8) is 0 Å². The molecule has 0 N–H and O–H groups in total. The van der Waals surface area contributed by atoms with Gasteiger partial charge in [0, 0.05) is 5.02 Å². The molecule has 0 amide bonds. The SMILES string of the molecule is CC(C)c1ccc(F)cc1-c1cccc(Cl)c1. The maximum absolute atomic E-state index is 13.4. The van der Waals surface area contributed by atoms with Gasteiger partial charge in [0.1, 0.15) is 5.82 Å². The number of rotatable bonds is 2. The summed E-state index contributed by atoms with van der Waals surface area (Å²) in [7, 11) is 0. The number of hydrogen-bond acceptors (Lipinski definition) is 0. The lowest BCUT2D eigenvalue weighted by molar-refractivity contribution is 0.627. The standard InChI is InChI=1S/C15H14ClF/c1-10(2)14-7-6-13(17)9-15(14)11-4-3-5-12(16)8-11/h3-10H,1-2H3. The van der Waals surface area contributed by atoms with Crippen molar-refractivity contribution < 1.29 is 4.39 Å². The highest BCUT2D eigenvalue weighted by atomic mass is 35.5. The Bertz CT molecular complexity index is 532. The summed E-state index contributed by atoms with van der Waals surface area (Å²) in [5.41, 5.74) is 3.01. The smallest absolute Gasteiger partial charge is 0.123 e. The summed E-state index contributed by atoms with van der Waals surface area (Å²) >= 11 is 5.97. The minimum atomic E-state index is -0.218. The van der Waals surface area contributed by atoms with E-state index in [-0.39, 0.29) is 5.82 Å². The molecule has 2 heteroatoms. The first-order valence-corrected chi connectivity index (χ1v) is 6.01. The molecular formula is C15H14ClF. The zero-order valence-electron chi connectivity index (χ0n) is 9.87. The van der Waals surface area contributed by atoms with E-state index in [1.54, 1.807) is 6.07 Å². The third-order valence-corrected chi connectivity index (χ3v) is 3.01. The van der Waals surface area contributed by atoms with E-state index < -0.39 is 0 Å². The summed E-state index contributed by atoms with van der Waals surface area (Å²) < 4.78 is 13.4. The Hall–Kier alpha value is -1.34. The van der Waals surface area contributed by atoms with Crippen LogP contribution in [0.5, 0.6) is 0 Å². The van der Waals surface area contributed by atoms with Crippen molar-refractivity contribution in [1.29, 1.82) is 0 Å². The first-order valence-electron chi connectivity index (χ1n) is 5.63. The fraction of sp³-hybridized carbons (Fsp3) is 0.200. The largest absolute Gasteiger partial charge is 0.207 e. The van der Waals surface area contributed by atoms with Crippen LogP contribution in [0.1, 0.15) is 25.3 Å². The van der Waals surface area contributed by atoms with Crippen molar-refractivity contribution in [2.45, 2.75) is 19.8 Å². The average Bonchev–Trinajstić information content (AvgIpc) is 2.28. The second-order valence-corrected chi connectivity index (χ2v) is 4.83. The molecule has 0 spiro atoms. The second-order valence-electron chi connectivity index (χ2n) is 4.40. The van der Waals surface area contributed by atoms with Gasteiger partial charge < -0.3 is 0 Å². The van der Waals surface area contributed by atoms with E-state index >= 15 is 0 Å². The number of hydrogen-bond donors (Lipinski definition) is 0. The highest BCUT2D eigenvalue weighted by molar-refractivity contribution is 6.30. The molecule has 0 atom stereocenters. The molecule has 0 unspecified atom stereocenters. The number of benzene rings is 2. The zero-order valence-corrected chi connectivity index (χ0v) is 10.6. The zero-order chi connectivity index (χ0) is 12.4. The maximum atomic E-state index is 13.4. The van der Waals surface area contributed by atoms with Crippen LogP contribution in [0.15, 0.2) is 42.5 Å². The van der Waals surface area contributed by atoms with Gasteiger partial charge in [-0.15, -0.1) is 0 Å². The van der Waals surface area contributed by atoms with Gasteiger partial charge in [-0.2, -0.15) is 0 Å². The summed E-state index contributed by atoms with van der Waals surface area (Å²) in [6.07, 6.45) is 0. The molecule has 2 aromatic carbocycles. The van der Waals surface area contributed by atoms with Crippen LogP contribution in [0.3, 0.4) is 0 Å². The quantitative estimate of drug-likeness (QED) is 0.679. The molecule has 0 fully saturated rings. The van der Waals surface area contributed by atoms with Crippen LogP contribution in [-0.4, -0.2) is 0 Å². The fourth-order valence-electron chi connectivity index (χ4n) is 1.94. The molecule has 0 saturated carbocycles. The van der Waals surface area contributed by atoms with Gasteiger partial charge in [0.2, 0.25) is 0 Å². The van der Waals surface area contributed by atoms with Crippen LogP contribution in [0.4, 0.5) is 4.39 Å².